The van der Waals surface area contributed by atoms with Gasteiger partial charge in [-0.05, 0) is 0 Å². The van der Waals surface area contributed by atoms with Crippen molar-refractivity contribution < 1.29 is 98.6 Å². The highest BCUT2D eigenvalue weighted by atomic mass is 31.3. The minimum Gasteiger partial charge on any atom is -0.387 e. The highest BCUT2D eigenvalue weighted by Gasteiger charge is 2.50. The zero-order chi connectivity index (χ0) is 41.9. The molecule has 0 bridgehead atoms. The minimum atomic E-state index is -6.21. The number of nitrogens with zero attached hydrogens (tertiary/aromatic N) is 8. The normalized spacial score (nSPS) is 30.7. The fraction of sp³-hybridized carbons (Fsp3) is 0.500. The number of aliphatic hydroxyl groups excluding tert-OH is 4. The highest BCUT2D eigenvalue weighted by molar-refractivity contribution is 7.87. The van der Waals surface area contributed by atoms with Crippen molar-refractivity contribution >= 4 is 80.3 Å². The van der Waals surface area contributed by atoms with Gasteiger partial charge in [-0.3, -0.25) is 22.7 Å². The number of phosphoric acid groups is 4. The molecule has 2 aliphatic heterocycles. The van der Waals surface area contributed by atoms with Gasteiger partial charge in [0.1, 0.15) is 60.3 Å². The van der Waals surface area contributed by atoms with Crippen LogP contribution in [0.4, 0.5) is 11.6 Å². The van der Waals surface area contributed by atoms with Crippen molar-refractivity contribution in [1.29, 1.82) is 0 Å². The Hall–Kier alpha value is -2.73. The molecule has 4 aromatic rings. The standard InChI is InChI=1S/C20H28BN10O21P5/c21-53(36,49-56(41,42)51-54(37,38)45-1-7-11(32)13(34)19(47-7)30-5-28-9-15(22)24-3-26-17(9)30)50-57(43,44)52-55(39,40)46-2-8-12(33)14(35)20(48-8)31-6-29-10-16(23)25-4-27-18(10)31/h3-8,11-14,19-20,32-35H,1-2H2,(H,37,38)(H,39,40)(H,41,42)(H,43,44)(H2,22,24,26)(H2,23,25,27). The number of phosphoric ester groups is 2. The maximum atomic E-state index is 12.5. The van der Waals surface area contributed by atoms with Gasteiger partial charge >= 0.3 is 31.3 Å². The number of rotatable bonds is 16. The van der Waals surface area contributed by atoms with Crippen molar-refractivity contribution in [1.82, 2.24) is 39.0 Å². The number of hydrogen-bond donors (Lipinski definition) is 10. The average Bonchev–Trinajstić information content (AvgIpc) is 3.83. The Balaban J connectivity index is 1.00. The van der Waals surface area contributed by atoms with Crippen LogP contribution in [-0.4, -0.2) is 136 Å². The summed E-state index contributed by atoms with van der Waals surface area (Å²) in [5.41, 5.74) is 11.8. The highest BCUT2D eigenvalue weighted by Crippen LogP contribution is 2.73. The molecule has 2 fully saturated rings. The summed E-state index contributed by atoms with van der Waals surface area (Å²) < 4.78 is 100. The molecule has 2 saturated heterocycles. The van der Waals surface area contributed by atoms with E-state index in [4.69, 9.17) is 28.5 Å². The largest absolute Gasteiger partial charge is 0.487 e. The van der Waals surface area contributed by atoms with Crippen molar-refractivity contribution in [3.8, 4) is 0 Å². The van der Waals surface area contributed by atoms with E-state index in [1.165, 1.54) is 0 Å². The summed E-state index contributed by atoms with van der Waals surface area (Å²) >= 11 is 0. The van der Waals surface area contributed by atoms with Crippen LogP contribution < -0.4 is 11.5 Å². The average molecular weight is 910 g/mol. The second-order valence-electron chi connectivity index (χ2n) is 11.6. The molecule has 0 aromatic carbocycles. The number of aromatic nitrogens is 8. The van der Waals surface area contributed by atoms with Gasteiger partial charge in [-0.15, -0.1) is 0 Å². The maximum Gasteiger partial charge on any atom is 0.487 e. The molecule has 57 heavy (non-hydrogen) atoms. The second-order valence-corrected chi connectivity index (χ2v) is 19.5. The summed E-state index contributed by atoms with van der Waals surface area (Å²) in [5.74, 6) is -0.0592. The van der Waals surface area contributed by atoms with E-state index in [-0.39, 0.29) is 34.0 Å². The molecule has 2 aliphatic rings. The second kappa shape index (κ2) is 16.0. The molecule has 37 heteroatoms. The van der Waals surface area contributed by atoms with Gasteiger partial charge in [-0.25, -0.2) is 56.8 Å². The van der Waals surface area contributed by atoms with Gasteiger partial charge < -0.3 is 60.9 Å². The molecular weight excluding hydrogens is 882 g/mol. The topological polar surface area (TPSA) is 460 Å². The van der Waals surface area contributed by atoms with E-state index in [2.05, 4.69) is 56.2 Å². The first kappa shape index (κ1) is 43.8. The van der Waals surface area contributed by atoms with Crippen molar-refractivity contribution in [3.05, 3.63) is 25.3 Å². The third-order valence-electron chi connectivity index (χ3n) is 7.65. The molecule has 0 aliphatic carbocycles. The summed E-state index contributed by atoms with van der Waals surface area (Å²) in [5, 5.41) is 41.8. The number of imidazole rings is 2. The molecule has 4 aromatic heterocycles. The summed E-state index contributed by atoms with van der Waals surface area (Å²) in [6.45, 7) is -2.27. The molecular formula is C20H28BN10O21P5. The van der Waals surface area contributed by atoms with E-state index in [0.717, 1.165) is 34.4 Å². The third-order valence-corrected chi connectivity index (χ3v) is 15.4. The van der Waals surface area contributed by atoms with E-state index in [1.807, 2.05) is 0 Å². The fourth-order valence-electron chi connectivity index (χ4n) is 5.28. The van der Waals surface area contributed by atoms with Crippen molar-refractivity contribution in [2.45, 2.75) is 49.1 Å². The van der Waals surface area contributed by atoms with E-state index < -0.39 is 101 Å². The number of hydrogen-bond acceptors (Lipinski definition) is 25. The van der Waals surface area contributed by atoms with Gasteiger partial charge in [0.05, 0.1) is 25.9 Å². The van der Waals surface area contributed by atoms with Crippen molar-refractivity contribution in [2.24, 2.45) is 0 Å². The lowest BCUT2D eigenvalue weighted by Crippen LogP contribution is -2.33. The molecule has 0 amide bonds. The number of anilines is 2. The number of ether oxygens (including phenoxy) is 2. The molecule has 0 saturated carbocycles. The molecule has 12 atom stereocenters. The van der Waals surface area contributed by atoms with Gasteiger partial charge in [-0.2, -0.15) is 8.62 Å². The van der Waals surface area contributed by atoms with Crippen LogP contribution in [0.15, 0.2) is 25.3 Å². The van der Waals surface area contributed by atoms with E-state index in [1.54, 1.807) is 0 Å². The Morgan fingerprint density at radius 2 is 0.965 bits per heavy atom. The first-order valence-corrected chi connectivity index (χ1v) is 22.7. The number of nitrogen functional groups attached to an aromatic ring is 2. The van der Waals surface area contributed by atoms with Gasteiger partial charge in [0.15, 0.2) is 35.4 Å². The van der Waals surface area contributed by atoms with Crippen LogP contribution in [0.5, 0.6) is 0 Å². The Kier molecular flexibility index (Phi) is 12.3. The van der Waals surface area contributed by atoms with E-state index >= 15 is 0 Å². The zero-order valence-electron chi connectivity index (χ0n) is 27.8. The number of aliphatic hydroxyl groups is 4. The third kappa shape index (κ3) is 9.85. The maximum absolute atomic E-state index is 12.5. The summed E-state index contributed by atoms with van der Waals surface area (Å²) in [6.07, 6.45) is -8.84. The fourth-order valence-corrected chi connectivity index (χ4v) is 11.9. The van der Waals surface area contributed by atoms with Crippen LogP contribution in [0, 0.1) is 0 Å². The zero-order valence-corrected chi connectivity index (χ0v) is 32.2. The summed E-state index contributed by atoms with van der Waals surface area (Å²) in [6, 6.07) is 0. The van der Waals surface area contributed by atoms with Crippen LogP contribution in [0.25, 0.3) is 22.3 Å². The smallest absolute Gasteiger partial charge is 0.387 e. The first-order valence-electron chi connectivity index (χ1n) is 15.1. The van der Waals surface area contributed by atoms with Gasteiger partial charge in [0.25, 0.3) is 7.47 Å². The Bertz CT molecular complexity index is 2230. The van der Waals surface area contributed by atoms with Crippen LogP contribution in [-0.2, 0) is 58.6 Å². The Morgan fingerprint density at radius 3 is 1.33 bits per heavy atom. The first-order chi connectivity index (χ1) is 26.4. The minimum absolute atomic E-state index is 0.0296. The lowest BCUT2D eigenvalue weighted by Gasteiger charge is -2.23. The molecule has 0 spiro atoms. The van der Waals surface area contributed by atoms with Crippen LogP contribution >= 0.6 is 38.8 Å². The predicted octanol–water partition coefficient (Wildman–Crippen LogP) is -2.15. The lowest BCUT2D eigenvalue weighted by molar-refractivity contribution is -0.0503. The van der Waals surface area contributed by atoms with Crippen LogP contribution in [0.2, 0.25) is 0 Å². The number of fused-ring (bicyclic) bond motifs is 2. The molecule has 12 N–H and O–H groups in total. The Labute approximate surface area is 316 Å². The molecule has 2 radical (unpaired) electrons. The molecule has 6 heterocycles. The van der Waals surface area contributed by atoms with Gasteiger partial charge in [0.2, 0.25) is 7.57 Å². The van der Waals surface area contributed by atoms with Crippen LogP contribution in [0.1, 0.15) is 12.5 Å². The molecule has 12 unspecified atom stereocenters. The SMILES string of the molecule is [B]P(=O)(OP(=O)(O)OP(=O)(O)OCC1OC(n2cnc3c(N)ncnc32)C(O)C1O)OP(=O)(O)OP(=O)(O)OCC1OC(n2cnc3c(N)ncnc32)C(O)C1O. The molecule has 31 nitrogen and oxygen atoms in total. The monoisotopic (exact) mass is 910 g/mol. The predicted molar refractivity (Wildman–Crippen MR) is 180 cm³/mol. The van der Waals surface area contributed by atoms with Crippen LogP contribution in [0.3, 0.4) is 0 Å². The Morgan fingerprint density at radius 1 is 0.596 bits per heavy atom. The van der Waals surface area contributed by atoms with Gasteiger partial charge in [-0.1, -0.05) is 0 Å². The van der Waals surface area contributed by atoms with E-state index in [9.17, 15) is 62.8 Å². The van der Waals surface area contributed by atoms with Crippen molar-refractivity contribution in [3.63, 3.8) is 0 Å². The lowest BCUT2D eigenvalue weighted by atomic mass is 10.1. The van der Waals surface area contributed by atoms with Gasteiger partial charge in [0, 0.05) is 0 Å². The summed E-state index contributed by atoms with van der Waals surface area (Å²) in [7, 11) is -25.0. The molecule has 312 valence electrons. The van der Waals surface area contributed by atoms with Crippen molar-refractivity contribution in [2.75, 3.05) is 24.7 Å². The number of nitrogens with two attached hydrogens (primary N) is 2. The van der Waals surface area contributed by atoms with E-state index in [0.29, 0.717) is 0 Å². The summed E-state index contributed by atoms with van der Waals surface area (Å²) in [4.78, 5) is 63.1. The molecule has 6 rings (SSSR count). The quantitative estimate of drug-likeness (QED) is 0.0423.